The number of ether oxygens (including phenoxy) is 1. The molecule has 23 heavy (non-hydrogen) atoms. The van der Waals surface area contributed by atoms with Crippen LogP contribution in [0.25, 0.3) is 0 Å². The van der Waals surface area contributed by atoms with E-state index < -0.39 is 0 Å². The molecule has 1 fully saturated rings. The van der Waals surface area contributed by atoms with Gasteiger partial charge in [0.2, 0.25) is 5.91 Å². The third-order valence-electron chi connectivity index (χ3n) is 3.88. The molecule has 1 saturated heterocycles. The van der Waals surface area contributed by atoms with Crippen molar-refractivity contribution < 1.29 is 14.1 Å². The first-order valence-corrected chi connectivity index (χ1v) is 8.11. The number of nitrogens with one attached hydrogen (secondary N) is 1. The Morgan fingerprint density at radius 1 is 1.39 bits per heavy atom. The molecule has 1 aliphatic rings. The van der Waals surface area contributed by atoms with Crippen LogP contribution in [0, 0.1) is 5.92 Å². The van der Waals surface area contributed by atoms with Gasteiger partial charge in [-0.1, -0.05) is 35.0 Å². The Labute approximate surface area is 139 Å². The fourth-order valence-electron chi connectivity index (χ4n) is 2.58. The van der Waals surface area contributed by atoms with Gasteiger partial charge in [-0.3, -0.25) is 4.79 Å². The van der Waals surface area contributed by atoms with Gasteiger partial charge in [0.15, 0.2) is 0 Å². The lowest BCUT2D eigenvalue weighted by atomic mass is 10.1. The number of amides is 1. The number of rotatable bonds is 6. The Hall–Kier alpha value is -1.85. The molecular formula is C17H19ClN2O3. The van der Waals surface area contributed by atoms with Crippen LogP contribution in [0.15, 0.2) is 34.9 Å². The zero-order chi connectivity index (χ0) is 16.1. The second-order valence-corrected chi connectivity index (χ2v) is 6.17. The highest BCUT2D eigenvalue weighted by Gasteiger charge is 2.17. The third-order valence-corrected chi connectivity index (χ3v) is 4.25. The molecule has 1 N–H and O–H groups in total. The minimum atomic E-state index is -0.0468. The van der Waals surface area contributed by atoms with Gasteiger partial charge in [-0.05, 0) is 18.1 Å². The molecule has 3 rings (SSSR count). The second kappa shape index (κ2) is 7.62. The lowest BCUT2D eigenvalue weighted by Crippen LogP contribution is -2.30. The number of hydrogen-bond acceptors (Lipinski definition) is 4. The van der Waals surface area contributed by atoms with Crippen molar-refractivity contribution in [2.75, 3.05) is 19.8 Å². The monoisotopic (exact) mass is 334 g/mol. The quantitative estimate of drug-likeness (QED) is 0.882. The van der Waals surface area contributed by atoms with Gasteiger partial charge >= 0.3 is 0 Å². The number of aromatic nitrogens is 1. The van der Waals surface area contributed by atoms with Crippen LogP contribution in [0.2, 0.25) is 5.02 Å². The summed E-state index contributed by atoms with van der Waals surface area (Å²) in [5.41, 5.74) is 1.61. The predicted octanol–water partition coefficient (Wildman–Crippen LogP) is 2.61. The number of carbonyl (C=O) groups is 1. The fourth-order valence-corrected chi connectivity index (χ4v) is 2.78. The zero-order valence-electron chi connectivity index (χ0n) is 12.8. The molecule has 0 aliphatic carbocycles. The van der Waals surface area contributed by atoms with Gasteiger partial charge in [-0.15, -0.1) is 0 Å². The topological polar surface area (TPSA) is 64.4 Å². The summed E-state index contributed by atoms with van der Waals surface area (Å²) in [6.07, 6.45) is 1.79. The van der Waals surface area contributed by atoms with Crippen molar-refractivity contribution in [1.29, 1.82) is 0 Å². The average Bonchev–Trinajstić information content (AvgIpc) is 3.19. The molecule has 5 nitrogen and oxygen atoms in total. The first-order valence-electron chi connectivity index (χ1n) is 7.73. The Bertz CT molecular complexity index is 665. The Morgan fingerprint density at radius 3 is 3.04 bits per heavy atom. The van der Waals surface area contributed by atoms with Crippen LogP contribution in [-0.2, 0) is 22.4 Å². The van der Waals surface area contributed by atoms with Crippen LogP contribution in [-0.4, -0.2) is 30.8 Å². The van der Waals surface area contributed by atoms with Gasteiger partial charge in [0.25, 0.3) is 0 Å². The molecule has 0 saturated carbocycles. The maximum atomic E-state index is 11.9. The molecule has 1 atom stereocenters. The largest absolute Gasteiger partial charge is 0.381 e. The van der Waals surface area contributed by atoms with Crippen molar-refractivity contribution in [3.63, 3.8) is 0 Å². The van der Waals surface area contributed by atoms with Gasteiger partial charge in [0.05, 0.1) is 18.7 Å². The molecule has 1 unspecified atom stereocenters. The summed E-state index contributed by atoms with van der Waals surface area (Å²) in [5, 5.41) is 7.57. The molecule has 1 aromatic heterocycles. The lowest BCUT2D eigenvalue weighted by molar-refractivity contribution is -0.120. The maximum absolute atomic E-state index is 11.9. The smallest absolute Gasteiger partial charge is 0.226 e. The summed E-state index contributed by atoms with van der Waals surface area (Å²) in [7, 11) is 0. The number of hydrogen-bond donors (Lipinski definition) is 1. The van der Waals surface area contributed by atoms with E-state index in [4.69, 9.17) is 20.9 Å². The first-order chi connectivity index (χ1) is 11.2. The summed E-state index contributed by atoms with van der Waals surface area (Å²) in [5.74, 6) is 1.08. The molecule has 0 bridgehead atoms. The molecule has 2 heterocycles. The van der Waals surface area contributed by atoms with E-state index in [1.807, 2.05) is 30.3 Å². The Balaban J connectivity index is 1.50. The summed E-state index contributed by atoms with van der Waals surface area (Å²) in [6.45, 7) is 2.17. The van der Waals surface area contributed by atoms with E-state index in [9.17, 15) is 4.79 Å². The molecule has 122 valence electrons. The van der Waals surface area contributed by atoms with Gasteiger partial charge in [-0.2, -0.15) is 0 Å². The van der Waals surface area contributed by atoms with Gasteiger partial charge in [0, 0.05) is 36.6 Å². The lowest BCUT2D eigenvalue weighted by Gasteiger charge is -2.08. The molecule has 2 aromatic rings. The third kappa shape index (κ3) is 4.56. The molecule has 0 radical (unpaired) electrons. The summed E-state index contributed by atoms with van der Waals surface area (Å²) < 4.78 is 10.6. The number of benzene rings is 1. The van der Waals surface area contributed by atoms with E-state index in [0.717, 1.165) is 25.2 Å². The van der Waals surface area contributed by atoms with Gasteiger partial charge in [0.1, 0.15) is 5.76 Å². The Kier molecular flexibility index (Phi) is 5.31. The maximum Gasteiger partial charge on any atom is 0.226 e. The predicted molar refractivity (Wildman–Crippen MR) is 86.4 cm³/mol. The van der Waals surface area contributed by atoms with Crippen LogP contribution >= 0.6 is 11.6 Å². The van der Waals surface area contributed by atoms with E-state index in [0.29, 0.717) is 35.4 Å². The highest BCUT2D eigenvalue weighted by molar-refractivity contribution is 6.31. The van der Waals surface area contributed by atoms with Crippen LogP contribution < -0.4 is 5.32 Å². The van der Waals surface area contributed by atoms with E-state index in [-0.39, 0.29) is 12.3 Å². The van der Waals surface area contributed by atoms with Crippen LogP contribution in [0.3, 0.4) is 0 Å². The number of carbonyl (C=O) groups excluding carboxylic acids is 1. The molecular weight excluding hydrogens is 316 g/mol. The van der Waals surface area contributed by atoms with E-state index in [1.54, 1.807) is 0 Å². The molecule has 6 heteroatoms. The van der Waals surface area contributed by atoms with Crippen molar-refractivity contribution in [2.45, 2.75) is 19.3 Å². The fraction of sp³-hybridized carbons (Fsp3) is 0.412. The minimum absolute atomic E-state index is 0.0468. The standard InChI is InChI=1S/C17H19ClN2O3/c18-16-4-2-1-3-13(16)7-15-8-14(20-23-15)9-17(21)19-10-12-5-6-22-11-12/h1-4,8,12H,5-7,9-11H2,(H,19,21). The van der Waals surface area contributed by atoms with Crippen LogP contribution in [0.4, 0.5) is 0 Å². The summed E-state index contributed by atoms with van der Waals surface area (Å²) in [4.78, 5) is 11.9. The van der Waals surface area contributed by atoms with Crippen molar-refractivity contribution in [3.8, 4) is 0 Å². The van der Waals surface area contributed by atoms with Crippen molar-refractivity contribution in [3.05, 3.63) is 52.4 Å². The van der Waals surface area contributed by atoms with Crippen LogP contribution in [0.5, 0.6) is 0 Å². The molecule has 1 aromatic carbocycles. The zero-order valence-corrected chi connectivity index (χ0v) is 13.5. The average molecular weight is 335 g/mol. The number of nitrogens with zero attached hydrogens (tertiary/aromatic N) is 1. The molecule has 1 aliphatic heterocycles. The SMILES string of the molecule is O=C(Cc1cc(Cc2ccccc2Cl)on1)NCC1CCOC1. The van der Waals surface area contributed by atoms with Crippen molar-refractivity contribution in [1.82, 2.24) is 10.5 Å². The highest BCUT2D eigenvalue weighted by atomic mass is 35.5. The summed E-state index contributed by atoms with van der Waals surface area (Å²) in [6, 6.07) is 9.41. The van der Waals surface area contributed by atoms with E-state index in [2.05, 4.69) is 10.5 Å². The second-order valence-electron chi connectivity index (χ2n) is 5.76. The van der Waals surface area contributed by atoms with Gasteiger partial charge in [-0.25, -0.2) is 0 Å². The minimum Gasteiger partial charge on any atom is -0.381 e. The first kappa shape index (κ1) is 16.0. The van der Waals surface area contributed by atoms with Crippen molar-refractivity contribution >= 4 is 17.5 Å². The molecule has 0 spiro atoms. The van der Waals surface area contributed by atoms with E-state index >= 15 is 0 Å². The van der Waals surface area contributed by atoms with Crippen LogP contribution in [0.1, 0.15) is 23.4 Å². The Morgan fingerprint density at radius 2 is 2.26 bits per heavy atom. The molecule has 1 amide bonds. The number of halogens is 1. The van der Waals surface area contributed by atoms with Crippen molar-refractivity contribution in [2.24, 2.45) is 5.92 Å². The van der Waals surface area contributed by atoms with E-state index in [1.165, 1.54) is 0 Å². The normalized spacial score (nSPS) is 17.3. The van der Waals surface area contributed by atoms with Gasteiger partial charge < -0.3 is 14.6 Å². The summed E-state index contributed by atoms with van der Waals surface area (Å²) >= 11 is 6.13. The highest BCUT2D eigenvalue weighted by Crippen LogP contribution is 2.19.